The lowest BCUT2D eigenvalue weighted by Gasteiger charge is -2.18. The fraction of sp³-hybridized carbons (Fsp3) is 0.667. The molecule has 0 fully saturated rings. The third-order valence-electron chi connectivity index (χ3n) is 2.96. The first-order valence-corrected chi connectivity index (χ1v) is 6.00. The number of carbonyl (C=O) groups is 1. The van der Waals surface area contributed by atoms with E-state index in [0.29, 0.717) is 13.1 Å². The molecule has 3 N–H and O–H groups in total. The topological polar surface area (TPSA) is 72.9 Å². The van der Waals surface area contributed by atoms with Crippen LogP contribution in [-0.4, -0.2) is 28.5 Å². The Balaban J connectivity index is 2.36. The molecule has 0 saturated carbocycles. The predicted molar refractivity (Wildman–Crippen MR) is 67.3 cm³/mol. The molecular weight excluding hydrogens is 216 g/mol. The van der Waals surface area contributed by atoms with E-state index in [1.165, 1.54) is 0 Å². The van der Waals surface area contributed by atoms with Gasteiger partial charge in [0.15, 0.2) is 0 Å². The van der Waals surface area contributed by atoms with E-state index in [4.69, 9.17) is 5.73 Å². The van der Waals surface area contributed by atoms with E-state index in [-0.39, 0.29) is 17.7 Å². The second-order valence-electron chi connectivity index (χ2n) is 4.58. The number of hydrogen-bond donors (Lipinski definition) is 2. The zero-order valence-electron chi connectivity index (χ0n) is 10.8. The van der Waals surface area contributed by atoms with Crippen molar-refractivity contribution in [3.05, 3.63) is 18.2 Å². The van der Waals surface area contributed by atoms with Gasteiger partial charge >= 0.3 is 0 Å². The van der Waals surface area contributed by atoms with E-state index in [0.717, 1.165) is 12.2 Å². The quantitative estimate of drug-likeness (QED) is 0.749. The summed E-state index contributed by atoms with van der Waals surface area (Å²) in [6.07, 6.45) is 4.40. The molecule has 0 aliphatic rings. The molecule has 0 radical (unpaired) electrons. The lowest BCUT2D eigenvalue weighted by atomic mass is 9.95. The summed E-state index contributed by atoms with van der Waals surface area (Å²) in [5, 5.41) is 2.91. The molecule has 5 heteroatoms. The van der Waals surface area contributed by atoms with E-state index in [1.54, 1.807) is 6.20 Å². The number of nitrogens with zero attached hydrogens (tertiary/aromatic N) is 2. The van der Waals surface area contributed by atoms with Gasteiger partial charge in [0.05, 0.1) is 5.92 Å². The average Bonchev–Trinajstić information content (AvgIpc) is 2.65. The Labute approximate surface area is 102 Å². The molecule has 0 aliphatic carbocycles. The number of hydrogen-bond acceptors (Lipinski definition) is 3. The van der Waals surface area contributed by atoms with Crippen molar-refractivity contribution in [1.82, 2.24) is 14.9 Å². The first-order valence-electron chi connectivity index (χ1n) is 6.00. The van der Waals surface area contributed by atoms with Crippen LogP contribution in [0.15, 0.2) is 12.4 Å². The van der Waals surface area contributed by atoms with Crippen molar-refractivity contribution in [2.24, 2.45) is 24.6 Å². The van der Waals surface area contributed by atoms with Gasteiger partial charge in [-0.3, -0.25) is 4.79 Å². The number of rotatable bonds is 6. The molecule has 96 valence electrons. The summed E-state index contributed by atoms with van der Waals surface area (Å²) in [6.45, 7) is 5.02. The normalized spacial score (nSPS) is 12.8. The maximum absolute atomic E-state index is 11.8. The molecule has 1 rings (SSSR count). The lowest BCUT2D eigenvalue weighted by molar-refractivity contribution is -0.125. The van der Waals surface area contributed by atoms with Crippen LogP contribution in [0.3, 0.4) is 0 Å². The number of imidazole rings is 1. The molecule has 1 unspecified atom stereocenters. The van der Waals surface area contributed by atoms with Gasteiger partial charge in [-0.05, 0) is 5.92 Å². The van der Waals surface area contributed by atoms with Gasteiger partial charge in [0, 0.05) is 39.0 Å². The average molecular weight is 238 g/mol. The Morgan fingerprint density at radius 1 is 1.59 bits per heavy atom. The van der Waals surface area contributed by atoms with Gasteiger partial charge in [0.1, 0.15) is 5.82 Å². The van der Waals surface area contributed by atoms with Crippen LogP contribution in [0, 0.1) is 11.8 Å². The monoisotopic (exact) mass is 238 g/mol. The van der Waals surface area contributed by atoms with Crippen LogP contribution >= 0.6 is 0 Å². The molecule has 0 bridgehead atoms. The SMILES string of the molecule is CC(C)C(CN)C(=O)NCCc1nccn1C. The van der Waals surface area contributed by atoms with Crippen molar-refractivity contribution in [3.8, 4) is 0 Å². The van der Waals surface area contributed by atoms with E-state index in [9.17, 15) is 4.79 Å². The van der Waals surface area contributed by atoms with Gasteiger partial charge in [-0.1, -0.05) is 13.8 Å². The molecular formula is C12H22N4O. The molecule has 0 aliphatic heterocycles. The van der Waals surface area contributed by atoms with E-state index in [1.807, 2.05) is 31.7 Å². The Hall–Kier alpha value is -1.36. The van der Waals surface area contributed by atoms with E-state index in [2.05, 4.69) is 10.3 Å². The highest BCUT2D eigenvalue weighted by Gasteiger charge is 2.19. The summed E-state index contributed by atoms with van der Waals surface area (Å²) in [5.41, 5.74) is 5.59. The van der Waals surface area contributed by atoms with Crippen LogP contribution in [0.2, 0.25) is 0 Å². The van der Waals surface area contributed by atoms with Crippen molar-refractivity contribution < 1.29 is 4.79 Å². The van der Waals surface area contributed by atoms with Gasteiger partial charge in [-0.2, -0.15) is 0 Å². The van der Waals surface area contributed by atoms with Crippen molar-refractivity contribution in [2.45, 2.75) is 20.3 Å². The summed E-state index contributed by atoms with van der Waals surface area (Å²) in [6, 6.07) is 0. The molecule has 1 heterocycles. The van der Waals surface area contributed by atoms with Crippen LogP contribution in [0.25, 0.3) is 0 Å². The summed E-state index contributed by atoms with van der Waals surface area (Å²) >= 11 is 0. The smallest absolute Gasteiger partial charge is 0.224 e. The minimum Gasteiger partial charge on any atom is -0.355 e. The number of nitrogens with one attached hydrogen (secondary N) is 1. The molecule has 1 aromatic heterocycles. The second-order valence-corrected chi connectivity index (χ2v) is 4.58. The highest BCUT2D eigenvalue weighted by molar-refractivity contribution is 5.79. The van der Waals surface area contributed by atoms with Crippen LogP contribution in [0.4, 0.5) is 0 Å². The van der Waals surface area contributed by atoms with Crippen LogP contribution in [-0.2, 0) is 18.3 Å². The molecule has 17 heavy (non-hydrogen) atoms. The summed E-state index contributed by atoms with van der Waals surface area (Å²) in [7, 11) is 1.95. The van der Waals surface area contributed by atoms with Crippen molar-refractivity contribution in [1.29, 1.82) is 0 Å². The molecule has 1 aromatic rings. The molecule has 0 aromatic carbocycles. The number of carbonyl (C=O) groups excluding carboxylic acids is 1. The Bertz CT molecular complexity index is 359. The maximum Gasteiger partial charge on any atom is 0.224 e. The minimum absolute atomic E-state index is 0.0386. The van der Waals surface area contributed by atoms with E-state index < -0.39 is 0 Å². The second kappa shape index (κ2) is 6.39. The highest BCUT2D eigenvalue weighted by Crippen LogP contribution is 2.08. The van der Waals surface area contributed by atoms with Gasteiger partial charge in [-0.15, -0.1) is 0 Å². The fourth-order valence-electron chi connectivity index (χ4n) is 1.75. The third kappa shape index (κ3) is 3.85. The van der Waals surface area contributed by atoms with Gasteiger partial charge in [-0.25, -0.2) is 4.98 Å². The van der Waals surface area contributed by atoms with Crippen molar-refractivity contribution >= 4 is 5.91 Å². The van der Waals surface area contributed by atoms with Crippen LogP contribution in [0.5, 0.6) is 0 Å². The molecule has 1 atom stereocenters. The Morgan fingerprint density at radius 2 is 2.29 bits per heavy atom. The van der Waals surface area contributed by atoms with Gasteiger partial charge in [0.25, 0.3) is 0 Å². The van der Waals surface area contributed by atoms with E-state index >= 15 is 0 Å². The van der Waals surface area contributed by atoms with Crippen molar-refractivity contribution in [3.63, 3.8) is 0 Å². The van der Waals surface area contributed by atoms with Gasteiger partial charge in [0.2, 0.25) is 5.91 Å². The first kappa shape index (κ1) is 13.7. The predicted octanol–water partition coefficient (Wildman–Crippen LogP) is 0.310. The Kier molecular flexibility index (Phi) is 5.15. The van der Waals surface area contributed by atoms with Crippen LogP contribution in [0.1, 0.15) is 19.7 Å². The highest BCUT2D eigenvalue weighted by atomic mass is 16.1. The zero-order valence-corrected chi connectivity index (χ0v) is 10.8. The number of aryl methyl sites for hydroxylation is 1. The largest absolute Gasteiger partial charge is 0.355 e. The maximum atomic E-state index is 11.8. The standard InChI is InChI=1S/C12H22N4O/c1-9(2)10(8-13)12(17)15-5-4-11-14-6-7-16(11)3/h6-7,9-10H,4-5,8,13H2,1-3H3,(H,15,17). The summed E-state index contributed by atoms with van der Waals surface area (Å²) < 4.78 is 1.95. The molecule has 0 saturated heterocycles. The zero-order chi connectivity index (χ0) is 12.8. The summed E-state index contributed by atoms with van der Waals surface area (Å²) in [4.78, 5) is 16.0. The molecule has 0 spiro atoms. The number of amides is 1. The molecule has 5 nitrogen and oxygen atoms in total. The summed E-state index contributed by atoms with van der Waals surface area (Å²) in [5.74, 6) is 1.18. The minimum atomic E-state index is -0.101. The number of aromatic nitrogens is 2. The van der Waals surface area contributed by atoms with Crippen LogP contribution < -0.4 is 11.1 Å². The Morgan fingerprint density at radius 3 is 2.76 bits per heavy atom. The van der Waals surface area contributed by atoms with Crippen molar-refractivity contribution in [2.75, 3.05) is 13.1 Å². The van der Waals surface area contributed by atoms with Gasteiger partial charge < -0.3 is 15.6 Å². The molecule has 1 amide bonds. The fourth-order valence-corrected chi connectivity index (χ4v) is 1.75. The third-order valence-corrected chi connectivity index (χ3v) is 2.96. The first-order chi connectivity index (χ1) is 8.06. The number of nitrogens with two attached hydrogens (primary N) is 1. The lowest BCUT2D eigenvalue weighted by Crippen LogP contribution is -2.38.